The van der Waals surface area contributed by atoms with Gasteiger partial charge in [-0.05, 0) is 31.9 Å². The highest BCUT2D eigenvalue weighted by molar-refractivity contribution is 5.88. The molecule has 1 amide bonds. The van der Waals surface area contributed by atoms with E-state index in [2.05, 4.69) is 10.3 Å². The van der Waals surface area contributed by atoms with Crippen LogP contribution in [-0.2, 0) is 11.2 Å². The van der Waals surface area contributed by atoms with E-state index < -0.39 is 6.10 Å². The van der Waals surface area contributed by atoms with E-state index in [1.165, 1.54) is 0 Å². The topological polar surface area (TPSA) is 65.1 Å². The summed E-state index contributed by atoms with van der Waals surface area (Å²) in [7, 11) is 0. The Kier molecular flexibility index (Phi) is 4.22. The largest absolute Gasteiger partial charge is 0.393 e. The normalized spacial score (nSPS) is 14.3. The van der Waals surface area contributed by atoms with Crippen LogP contribution in [0.25, 0.3) is 10.9 Å². The van der Waals surface area contributed by atoms with Crippen LogP contribution in [0.2, 0.25) is 0 Å². The standard InChI is InChI=1S/C15H20N2O2/c1-10(7-11(2)18)17-15(19)8-12-9-16-14-6-4-3-5-13(12)14/h3-6,9-11,16,18H,7-8H2,1-2H3,(H,17,19). The molecule has 0 saturated carbocycles. The molecule has 2 rings (SSSR count). The molecule has 1 aromatic heterocycles. The number of nitrogens with one attached hydrogen (secondary N) is 2. The van der Waals surface area contributed by atoms with Crippen molar-refractivity contribution in [2.45, 2.75) is 38.8 Å². The molecule has 0 bridgehead atoms. The average Bonchev–Trinajstić information content (AvgIpc) is 2.71. The van der Waals surface area contributed by atoms with E-state index in [0.717, 1.165) is 16.5 Å². The summed E-state index contributed by atoms with van der Waals surface area (Å²) in [5.41, 5.74) is 2.04. The fourth-order valence-electron chi connectivity index (χ4n) is 2.35. The fourth-order valence-corrected chi connectivity index (χ4v) is 2.35. The smallest absolute Gasteiger partial charge is 0.224 e. The number of hydrogen-bond donors (Lipinski definition) is 3. The molecule has 0 fully saturated rings. The van der Waals surface area contributed by atoms with E-state index in [9.17, 15) is 9.90 Å². The Labute approximate surface area is 112 Å². The van der Waals surface area contributed by atoms with Gasteiger partial charge < -0.3 is 15.4 Å². The molecule has 0 aliphatic carbocycles. The van der Waals surface area contributed by atoms with Gasteiger partial charge in [0.15, 0.2) is 0 Å². The van der Waals surface area contributed by atoms with Crippen molar-refractivity contribution < 1.29 is 9.90 Å². The van der Waals surface area contributed by atoms with Crippen LogP contribution >= 0.6 is 0 Å². The van der Waals surface area contributed by atoms with E-state index in [-0.39, 0.29) is 11.9 Å². The van der Waals surface area contributed by atoms with Gasteiger partial charge in [-0.25, -0.2) is 0 Å². The molecule has 3 N–H and O–H groups in total. The summed E-state index contributed by atoms with van der Waals surface area (Å²) in [5.74, 6) is -0.0158. The fraction of sp³-hybridized carbons (Fsp3) is 0.400. The van der Waals surface area contributed by atoms with E-state index in [1.54, 1.807) is 6.92 Å². The molecule has 0 spiro atoms. The molecule has 2 atom stereocenters. The van der Waals surface area contributed by atoms with Crippen molar-refractivity contribution in [1.29, 1.82) is 0 Å². The van der Waals surface area contributed by atoms with Gasteiger partial charge in [0.1, 0.15) is 0 Å². The van der Waals surface area contributed by atoms with Gasteiger partial charge in [-0.2, -0.15) is 0 Å². The van der Waals surface area contributed by atoms with Gasteiger partial charge >= 0.3 is 0 Å². The number of para-hydroxylation sites is 1. The molecule has 2 unspecified atom stereocenters. The van der Waals surface area contributed by atoms with Crippen molar-refractivity contribution in [3.05, 3.63) is 36.0 Å². The maximum Gasteiger partial charge on any atom is 0.224 e. The molecule has 2 aromatic rings. The van der Waals surface area contributed by atoms with E-state index in [1.807, 2.05) is 37.4 Å². The Morgan fingerprint density at radius 2 is 2.11 bits per heavy atom. The second-order valence-electron chi connectivity index (χ2n) is 5.09. The first-order valence-corrected chi connectivity index (χ1v) is 6.58. The van der Waals surface area contributed by atoms with Crippen LogP contribution in [0.5, 0.6) is 0 Å². The number of rotatable bonds is 5. The average molecular weight is 260 g/mol. The van der Waals surface area contributed by atoms with Gasteiger partial charge in [0.05, 0.1) is 12.5 Å². The lowest BCUT2D eigenvalue weighted by molar-refractivity contribution is -0.121. The number of fused-ring (bicyclic) bond motifs is 1. The van der Waals surface area contributed by atoms with Crippen LogP contribution in [0.15, 0.2) is 30.5 Å². The Bertz CT molecular complexity index is 560. The summed E-state index contributed by atoms with van der Waals surface area (Å²) < 4.78 is 0. The van der Waals surface area contributed by atoms with E-state index >= 15 is 0 Å². The Morgan fingerprint density at radius 1 is 1.37 bits per heavy atom. The van der Waals surface area contributed by atoms with Gasteiger partial charge in [0.25, 0.3) is 0 Å². The molecule has 102 valence electrons. The second-order valence-corrected chi connectivity index (χ2v) is 5.09. The molecule has 0 radical (unpaired) electrons. The van der Waals surface area contributed by atoms with Crippen molar-refractivity contribution in [2.24, 2.45) is 0 Å². The van der Waals surface area contributed by atoms with Gasteiger partial charge in [0, 0.05) is 23.1 Å². The number of aromatic nitrogens is 1. The predicted octanol–water partition coefficient (Wildman–Crippen LogP) is 1.99. The van der Waals surface area contributed by atoms with E-state index in [0.29, 0.717) is 12.8 Å². The van der Waals surface area contributed by atoms with Crippen molar-refractivity contribution in [1.82, 2.24) is 10.3 Å². The molecule has 19 heavy (non-hydrogen) atoms. The lowest BCUT2D eigenvalue weighted by Crippen LogP contribution is -2.35. The van der Waals surface area contributed by atoms with Crippen LogP contribution in [0, 0.1) is 0 Å². The van der Waals surface area contributed by atoms with Gasteiger partial charge in [-0.3, -0.25) is 4.79 Å². The minimum Gasteiger partial charge on any atom is -0.393 e. The molecule has 4 heteroatoms. The third-order valence-electron chi connectivity index (χ3n) is 3.13. The highest BCUT2D eigenvalue weighted by Gasteiger charge is 2.12. The number of carbonyl (C=O) groups is 1. The molecule has 4 nitrogen and oxygen atoms in total. The van der Waals surface area contributed by atoms with Crippen molar-refractivity contribution >= 4 is 16.8 Å². The number of aromatic amines is 1. The quantitative estimate of drug-likeness (QED) is 0.769. The zero-order valence-corrected chi connectivity index (χ0v) is 11.3. The van der Waals surface area contributed by atoms with Crippen LogP contribution in [0.1, 0.15) is 25.8 Å². The number of benzene rings is 1. The van der Waals surface area contributed by atoms with Crippen LogP contribution in [-0.4, -0.2) is 28.1 Å². The summed E-state index contributed by atoms with van der Waals surface area (Å²) in [6, 6.07) is 7.92. The molecule has 1 aromatic carbocycles. The van der Waals surface area contributed by atoms with Crippen molar-refractivity contribution in [3.8, 4) is 0 Å². The molecule has 0 aliphatic heterocycles. The molecule has 0 aliphatic rings. The lowest BCUT2D eigenvalue weighted by atomic mass is 10.1. The molecule has 1 heterocycles. The molecular weight excluding hydrogens is 240 g/mol. The number of aliphatic hydroxyl groups is 1. The predicted molar refractivity (Wildman–Crippen MR) is 75.9 cm³/mol. The van der Waals surface area contributed by atoms with Crippen LogP contribution < -0.4 is 5.32 Å². The summed E-state index contributed by atoms with van der Waals surface area (Å²) >= 11 is 0. The highest BCUT2D eigenvalue weighted by atomic mass is 16.3. The number of aliphatic hydroxyl groups excluding tert-OH is 1. The Balaban J connectivity index is 1.99. The van der Waals surface area contributed by atoms with Crippen molar-refractivity contribution in [3.63, 3.8) is 0 Å². The molecular formula is C15H20N2O2. The van der Waals surface area contributed by atoms with E-state index in [4.69, 9.17) is 0 Å². The Hall–Kier alpha value is -1.81. The minimum absolute atomic E-state index is 0.0158. The minimum atomic E-state index is -0.400. The molecule has 0 saturated heterocycles. The first kappa shape index (κ1) is 13.6. The zero-order chi connectivity index (χ0) is 13.8. The monoisotopic (exact) mass is 260 g/mol. The summed E-state index contributed by atoms with van der Waals surface area (Å²) in [6.45, 7) is 3.63. The Morgan fingerprint density at radius 3 is 2.84 bits per heavy atom. The van der Waals surface area contributed by atoms with Gasteiger partial charge in [-0.15, -0.1) is 0 Å². The SMILES string of the molecule is CC(O)CC(C)NC(=O)Cc1c[nH]c2ccccc12. The van der Waals surface area contributed by atoms with Crippen molar-refractivity contribution in [2.75, 3.05) is 0 Å². The number of carbonyl (C=O) groups excluding carboxylic acids is 1. The van der Waals surface area contributed by atoms with Gasteiger partial charge in [0.2, 0.25) is 5.91 Å². The lowest BCUT2D eigenvalue weighted by Gasteiger charge is -2.15. The third-order valence-corrected chi connectivity index (χ3v) is 3.13. The maximum atomic E-state index is 11.9. The summed E-state index contributed by atoms with van der Waals surface area (Å²) in [5, 5.41) is 13.3. The number of hydrogen-bond acceptors (Lipinski definition) is 2. The first-order chi connectivity index (χ1) is 9.06. The summed E-state index contributed by atoms with van der Waals surface area (Å²) in [6.07, 6.45) is 2.40. The maximum absolute atomic E-state index is 11.9. The van der Waals surface area contributed by atoms with Crippen LogP contribution in [0.4, 0.5) is 0 Å². The zero-order valence-electron chi connectivity index (χ0n) is 11.3. The number of H-pyrrole nitrogens is 1. The third kappa shape index (κ3) is 3.58. The summed E-state index contributed by atoms with van der Waals surface area (Å²) in [4.78, 5) is 15.1. The highest BCUT2D eigenvalue weighted by Crippen LogP contribution is 2.18. The van der Waals surface area contributed by atoms with Crippen LogP contribution in [0.3, 0.4) is 0 Å². The second kappa shape index (κ2) is 5.89. The van der Waals surface area contributed by atoms with Gasteiger partial charge in [-0.1, -0.05) is 18.2 Å². The first-order valence-electron chi connectivity index (χ1n) is 6.58. The number of amides is 1.